The summed E-state index contributed by atoms with van der Waals surface area (Å²) in [5.41, 5.74) is 0.715. The highest BCUT2D eigenvalue weighted by Gasteiger charge is 2.21. The van der Waals surface area contributed by atoms with Crippen LogP contribution in [0.15, 0.2) is 34.9 Å². The lowest BCUT2D eigenvalue weighted by atomic mass is 10.2. The number of aryl methyl sites for hydroxylation is 1. The van der Waals surface area contributed by atoms with E-state index in [2.05, 4.69) is 10.5 Å². The highest BCUT2D eigenvalue weighted by atomic mass is 32.2. The molecule has 0 fully saturated rings. The molecule has 0 unspecified atom stereocenters. The Labute approximate surface area is 124 Å². The van der Waals surface area contributed by atoms with Crippen LogP contribution in [0.5, 0.6) is 0 Å². The molecule has 0 spiro atoms. The fourth-order valence-corrected chi connectivity index (χ4v) is 2.71. The first-order valence-corrected chi connectivity index (χ1v) is 7.69. The number of amides is 1. The largest absolute Gasteiger partial charge is 0.360 e. The van der Waals surface area contributed by atoms with E-state index in [-0.39, 0.29) is 11.6 Å². The van der Waals surface area contributed by atoms with Gasteiger partial charge < -0.3 is 9.84 Å². The van der Waals surface area contributed by atoms with Crippen molar-refractivity contribution in [1.82, 2.24) is 5.16 Å². The highest BCUT2D eigenvalue weighted by Crippen LogP contribution is 2.12. The van der Waals surface area contributed by atoms with Crippen LogP contribution in [0.4, 0.5) is 10.2 Å². The second-order valence-electron chi connectivity index (χ2n) is 4.61. The zero-order valence-electron chi connectivity index (χ0n) is 11.6. The SMILES string of the molecule is Cc1cc(NC(=O)[C@H](C)[S@](=O)Cc2ccc(F)cc2)no1. The minimum absolute atomic E-state index is 0.187. The van der Waals surface area contributed by atoms with Crippen LogP contribution >= 0.6 is 0 Å². The number of benzene rings is 1. The second-order valence-corrected chi connectivity index (χ2v) is 6.36. The predicted molar refractivity (Wildman–Crippen MR) is 77.6 cm³/mol. The maximum absolute atomic E-state index is 12.8. The summed E-state index contributed by atoms with van der Waals surface area (Å²) in [6.07, 6.45) is 0. The summed E-state index contributed by atoms with van der Waals surface area (Å²) >= 11 is 0. The van der Waals surface area contributed by atoms with Crippen molar-refractivity contribution < 1.29 is 17.9 Å². The van der Waals surface area contributed by atoms with Gasteiger partial charge in [0, 0.05) is 22.6 Å². The van der Waals surface area contributed by atoms with Gasteiger partial charge in [-0.15, -0.1) is 0 Å². The molecule has 1 N–H and O–H groups in total. The molecule has 1 heterocycles. The summed E-state index contributed by atoms with van der Waals surface area (Å²) in [4.78, 5) is 12.0. The third kappa shape index (κ3) is 4.22. The summed E-state index contributed by atoms with van der Waals surface area (Å²) in [5, 5.41) is 5.47. The van der Waals surface area contributed by atoms with Gasteiger partial charge in [0.2, 0.25) is 5.91 Å². The molecule has 0 saturated heterocycles. The lowest BCUT2D eigenvalue weighted by Crippen LogP contribution is -2.29. The smallest absolute Gasteiger partial charge is 0.241 e. The van der Waals surface area contributed by atoms with E-state index in [4.69, 9.17) is 4.52 Å². The summed E-state index contributed by atoms with van der Waals surface area (Å²) in [6, 6.07) is 7.29. The quantitative estimate of drug-likeness (QED) is 0.920. The Morgan fingerprint density at radius 3 is 2.67 bits per heavy atom. The minimum Gasteiger partial charge on any atom is -0.360 e. The Hall–Kier alpha value is -2.02. The van der Waals surface area contributed by atoms with Gasteiger partial charge in [0.25, 0.3) is 0 Å². The molecule has 5 nitrogen and oxygen atoms in total. The summed E-state index contributed by atoms with van der Waals surface area (Å²) < 4.78 is 29.8. The Kier molecular flexibility index (Phi) is 4.85. The molecular formula is C14H15FN2O3S. The summed E-state index contributed by atoms with van der Waals surface area (Å²) in [5.74, 6) is 0.307. The molecule has 0 saturated carbocycles. The average Bonchev–Trinajstić information content (AvgIpc) is 2.85. The number of carbonyl (C=O) groups excluding carboxylic acids is 1. The van der Waals surface area contributed by atoms with Crippen LogP contribution < -0.4 is 5.32 Å². The van der Waals surface area contributed by atoms with Crippen molar-refractivity contribution in [2.45, 2.75) is 24.9 Å². The number of hydrogen-bond acceptors (Lipinski definition) is 4. The molecule has 0 aliphatic heterocycles. The molecule has 2 rings (SSSR count). The van der Waals surface area contributed by atoms with Crippen LogP contribution in [-0.4, -0.2) is 20.5 Å². The molecule has 2 atom stereocenters. The van der Waals surface area contributed by atoms with E-state index < -0.39 is 22.0 Å². The average molecular weight is 310 g/mol. The molecule has 1 aromatic carbocycles. The van der Waals surface area contributed by atoms with E-state index in [0.29, 0.717) is 17.1 Å². The molecule has 0 aliphatic rings. The van der Waals surface area contributed by atoms with Gasteiger partial charge in [-0.05, 0) is 31.5 Å². The number of rotatable bonds is 5. The Morgan fingerprint density at radius 1 is 1.43 bits per heavy atom. The monoisotopic (exact) mass is 310 g/mol. The number of nitrogens with zero attached hydrogens (tertiary/aromatic N) is 1. The molecule has 112 valence electrons. The Bertz CT molecular complexity index is 654. The third-order valence-corrected chi connectivity index (χ3v) is 4.49. The fourth-order valence-electron chi connectivity index (χ4n) is 1.64. The van der Waals surface area contributed by atoms with Gasteiger partial charge in [-0.1, -0.05) is 17.3 Å². The highest BCUT2D eigenvalue weighted by molar-refractivity contribution is 7.85. The lowest BCUT2D eigenvalue weighted by Gasteiger charge is -2.10. The topological polar surface area (TPSA) is 72.2 Å². The van der Waals surface area contributed by atoms with Crippen molar-refractivity contribution in [3.8, 4) is 0 Å². The van der Waals surface area contributed by atoms with Crippen LogP contribution in [0.2, 0.25) is 0 Å². The first-order chi connectivity index (χ1) is 9.95. The van der Waals surface area contributed by atoms with E-state index >= 15 is 0 Å². The Balaban J connectivity index is 1.95. The molecule has 7 heteroatoms. The lowest BCUT2D eigenvalue weighted by molar-refractivity contribution is -0.115. The van der Waals surface area contributed by atoms with Crippen molar-refractivity contribution in [2.24, 2.45) is 0 Å². The first kappa shape index (κ1) is 15.4. The van der Waals surface area contributed by atoms with E-state index in [1.54, 1.807) is 32.0 Å². The normalized spacial score (nSPS) is 13.7. The molecule has 2 aromatic rings. The molecule has 0 bridgehead atoms. The third-order valence-electron chi connectivity index (χ3n) is 2.86. The van der Waals surface area contributed by atoms with Crippen LogP contribution in [0.1, 0.15) is 18.2 Å². The number of hydrogen-bond donors (Lipinski definition) is 1. The fraction of sp³-hybridized carbons (Fsp3) is 0.286. The molecule has 0 radical (unpaired) electrons. The van der Waals surface area contributed by atoms with Gasteiger partial charge in [0.15, 0.2) is 5.82 Å². The van der Waals surface area contributed by atoms with Crippen LogP contribution in [0, 0.1) is 12.7 Å². The molecule has 21 heavy (non-hydrogen) atoms. The maximum Gasteiger partial charge on any atom is 0.241 e. The number of nitrogens with one attached hydrogen (secondary N) is 1. The second kappa shape index (κ2) is 6.62. The standard InChI is InChI=1S/C14H15FN2O3S/c1-9-7-13(17-20-9)16-14(18)10(2)21(19)8-11-3-5-12(15)6-4-11/h3-7,10H,8H2,1-2H3,(H,16,17,18)/t10-,21+/m0/s1. The molecular weight excluding hydrogens is 295 g/mol. The van der Waals surface area contributed by atoms with Crippen molar-refractivity contribution in [2.75, 3.05) is 5.32 Å². The number of anilines is 1. The summed E-state index contributed by atoms with van der Waals surface area (Å²) in [6.45, 7) is 3.28. The number of halogens is 1. The van der Waals surface area contributed by atoms with Crippen molar-refractivity contribution in [3.05, 3.63) is 47.5 Å². The van der Waals surface area contributed by atoms with Crippen molar-refractivity contribution in [1.29, 1.82) is 0 Å². The molecule has 1 aromatic heterocycles. The number of aromatic nitrogens is 1. The van der Waals surface area contributed by atoms with E-state index in [1.165, 1.54) is 12.1 Å². The molecule has 0 aliphatic carbocycles. The van der Waals surface area contributed by atoms with E-state index in [1.807, 2.05) is 0 Å². The van der Waals surface area contributed by atoms with Crippen molar-refractivity contribution >= 4 is 22.5 Å². The van der Waals surface area contributed by atoms with Gasteiger partial charge >= 0.3 is 0 Å². The predicted octanol–water partition coefficient (Wildman–Crippen LogP) is 2.40. The van der Waals surface area contributed by atoms with Gasteiger partial charge in [-0.25, -0.2) is 4.39 Å². The maximum atomic E-state index is 12.8. The zero-order valence-corrected chi connectivity index (χ0v) is 12.4. The van der Waals surface area contributed by atoms with Crippen LogP contribution in [-0.2, 0) is 21.3 Å². The van der Waals surface area contributed by atoms with E-state index in [9.17, 15) is 13.4 Å². The van der Waals surface area contributed by atoms with Gasteiger partial charge in [-0.3, -0.25) is 9.00 Å². The van der Waals surface area contributed by atoms with Crippen LogP contribution in [0.3, 0.4) is 0 Å². The first-order valence-electron chi connectivity index (χ1n) is 6.31. The van der Waals surface area contributed by atoms with Gasteiger partial charge in [0.05, 0.1) is 0 Å². The number of carbonyl (C=O) groups is 1. The molecule has 1 amide bonds. The van der Waals surface area contributed by atoms with Gasteiger partial charge in [0.1, 0.15) is 16.8 Å². The zero-order chi connectivity index (χ0) is 15.4. The van der Waals surface area contributed by atoms with Crippen molar-refractivity contribution in [3.63, 3.8) is 0 Å². The van der Waals surface area contributed by atoms with E-state index in [0.717, 1.165) is 0 Å². The van der Waals surface area contributed by atoms with Crippen LogP contribution in [0.25, 0.3) is 0 Å². The Morgan fingerprint density at radius 2 is 2.10 bits per heavy atom. The summed E-state index contributed by atoms with van der Waals surface area (Å²) in [7, 11) is -1.41. The van der Waals surface area contributed by atoms with Gasteiger partial charge in [-0.2, -0.15) is 0 Å². The minimum atomic E-state index is -1.41.